The van der Waals surface area contributed by atoms with Crippen LogP contribution < -0.4 is 0 Å². The summed E-state index contributed by atoms with van der Waals surface area (Å²) in [6.07, 6.45) is 0.216. The number of hydrogen-bond acceptors (Lipinski definition) is 4. The molecule has 0 aromatic carbocycles. The maximum Gasteiger partial charge on any atom is 0.101 e. The number of methoxy groups -OCH3 is 1. The van der Waals surface area contributed by atoms with Gasteiger partial charge in [0.25, 0.3) is 0 Å². The van der Waals surface area contributed by atoms with Crippen molar-refractivity contribution in [3.63, 3.8) is 0 Å². The van der Waals surface area contributed by atoms with E-state index in [0.29, 0.717) is 6.04 Å². The Hall–Kier alpha value is -0.160. The molecule has 0 radical (unpaired) electrons. The molecule has 0 unspecified atom stereocenters. The minimum Gasteiger partial charge on any atom is -0.377 e. The van der Waals surface area contributed by atoms with Crippen LogP contribution in [0.15, 0.2) is 0 Å². The van der Waals surface area contributed by atoms with Crippen LogP contribution in [0, 0.1) is 0 Å². The fraction of sp³-hybridized carbons (Fsp3) is 1.00. The monoisotopic (exact) mass is 242 g/mol. The van der Waals surface area contributed by atoms with Gasteiger partial charge in [0, 0.05) is 39.3 Å². The van der Waals surface area contributed by atoms with Gasteiger partial charge in [0.05, 0.1) is 18.8 Å². The highest BCUT2D eigenvalue weighted by Crippen LogP contribution is 2.29. The minimum atomic E-state index is 0.0673. The molecule has 2 atom stereocenters. The van der Waals surface area contributed by atoms with Crippen molar-refractivity contribution in [2.75, 3.05) is 46.5 Å². The summed E-state index contributed by atoms with van der Waals surface area (Å²) in [6.45, 7) is 12.9. The van der Waals surface area contributed by atoms with E-state index in [1.54, 1.807) is 7.11 Å². The lowest BCUT2D eigenvalue weighted by Gasteiger charge is -2.46. The quantitative estimate of drug-likeness (QED) is 0.731. The zero-order valence-electron chi connectivity index (χ0n) is 11.6. The van der Waals surface area contributed by atoms with Crippen LogP contribution in [0.4, 0.5) is 0 Å². The summed E-state index contributed by atoms with van der Waals surface area (Å²) in [7, 11) is 1.79. The SMILES string of the molecule is CO[C@H]1COC[C@@]1(C)N1CCN(C(C)C)CC1. The van der Waals surface area contributed by atoms with Crippen LogP contribution in [-0.2, 0) is 9.47 Å². The summed E-state index contributed by atoms with van der Waals surface area (Å²) < 4.78 is 11.2. The Labute approximate surface area is 105 Å². The molecule has 2 fully saturated rings. The van der Waals surface area contributed by atoms with Crippen molar-refractivity contribution in [1.82, 2.24) is 9.80 Å². The molecule has 2 aliphatic rings. The van der Waals surface area contributed by atoms with Crippen molar-refractivity contribution in [2.24, 2.45) is 0 Å². The van der Waals surface area contributed by atoms with Crippen LogP contribution in [0.1, 0.15) is 20.8 Å². The lowest BCUT2D eigenvalue weighted by atomic mass is 9.94. The molecule has 2 saturated heterocycles. The molecular weight excluding hydrogens is 216 g/mol. The molecule has 4 heteroatoms. The average Bonchev–Trinajstić information content (AvgIpc) is 2.72. The van der Waals surface area contributed by atoms with E-state index >= 15 is 0 Å². The second kappa shape index (κ2) is 5.22. The second-order valence-corrected chi connectivity index (χ2v) is 5.71. The van der Waals surface area contributed by atoms with Crippen molar-refractivity contribution in [2.45, 2.75) is 38.5 Å². The highest BCUT2D eigenvalue weighted by atomic mass is 16.5. The van der Waals surface area contributed by atoms with Crippen molar-refractivity contribution < 1.29 is 9.47 Å². The Bertz CT molecular complexity index is 252. The van der Waals surface area contributed by atoms with Gasteiger partial charge in [-0.15, -0.1) is 0 Å². The normalized spacial score (nSPS) is 36.9. The molecule has 100 valence electrons. The Morgan fingerprint density at radius 3 is 2.41 bits per heavy atom. The van der Waals surface area contributed by atoms with Gasteiger partial charge >= 0.3 is 0 Å². The predicted molar refractivity (Wildman–Crippen MR) is 68.3 cm³/mol. The van der Waals surface area contributed by atoms with Gasteiger partial charge in [0.1, 0.15) is 6.10 Å². The van der Waals surface area contributed by atoms with Crippen LogP contribution in [0.2, 0.25) is 0 Å². The fourth-order valence-corrected chi connectivity index (χ4v) is 3.01. The minimum absolute atomic E-state index is 0.0673. The molecule has 0 spiro atoms. The van der Waals surface area contributed by atoms with E-state index in [9.17, 15) is 0 Å². The molecule has 0 saturated carbocycles. The molecule has 17 heavy (non-hydrogen) atoms. The van der Waals surface area contributed by atoms with Crippen molar-refractivity contribution >= 4 is 0 Å². The maximum atomic E-state index is 5.61. The van der Waals surface area contributed by atoms with E-state index in [0.717, 1.165) is 39.4 Å². The third kappa shape index (κ3) is 2.50. The summed E-state index contributed by atoms with van der Waals surface area (Å²) in [6, 6.07) is 0.656. The van der Waals surface area contributed by atoms with Gasteiger partial charge in [-0.1, -0.05) is 0 Å². The molecule has 0 N–H and O–H groups in total. The fourth-order valence-electron chi connectivity index (χ4n) is 3.01. The zero-order chi connectivity index (χ0) is 12.5. The third-order valence-electron chi connectivity index (χ3n) is 4.41. The predicted octanol–water partition coefficient (Wildman–Crippen LogP) is 0.816. The van der Waals surface area contributed by atoms with Gasteiger partial charge < -0.3 is 9.47 Å². The molecule has 2 aliphatic heterocycles. The van der Waals surface area contributed by atoms with Crippen molar-refractivity contribution in [3.05, 3.63) is 0 Å². The van der Waals surface area contributed by atoms with E-state index in [4.69, 9.17) is 9.47 Å². The van der Waals surface area contributed by atoms with Crippen LogP contribution >= 0.6 is 0 Å². The van der Waals surface area contributed by atoms with Gasteiger partial charge in [-0.25, -0.2) is 0 Å². The first-order chi connectivity index (χ1) is 8.08. The second-order valence-electron chi connectivity index (χ2n) is 5.71. The molecule has 0 aromatic heterocycles. The smallest absolute Gasteiger partial charge is 0.101 e. The third-order valence-corrected chi connectivity index (χ3v) is 4.41. The topological polar surface area (TPSA) is 24.9 Å². The number of ether oxygens (including phenoxy) is 2. The van der Waals surface area contributed by atoms with Gasteiger partial charge in [-0.05, 0) is 20.8 Å². The van der Waals surface area contributed by atoms with Crippen LogP contribution in [0.5, 0.6) is 0 Å². The summed E-state index contributed by atoms with van der Waals surface area (Å²) in [5.74, 6) is 0. The largest absolute Gasteiger partial charge is 0.377 e. The Morgan fingerprint density at radius 1 is 1.24 bits per heavy atom. The van der Waals surface area contributed by atoms with E-state index in [1.807, 2.05) is 0 Å². The maximum absolute atomic E-state index is 5.61. The lowest BCUT2D eigenvalue weighted by Crippen LogP contribution is -2.61. The summed E-state index contributed by atoms with van der Waals surface area (Å²) in [4.78, 5) is 5.09. The van der Waals surface area contributed by atoms with Gasteiger partial charge in [-0.3, -0.25) is 9.80 Å². The standard InChI is InChI=1S/C13H26N2O2/c1-11(2)14-5-7-15(8-6-14)13(3)10-17-9-12(13)16-4/h11-12H,5-10H2,1-4H3/t12-,13+/m0/s1. The first-order valence-corrected chi connectivity index (χ1v) is 6.67. The zero-order valence-corrected chi connectivity index (χ0v) is 11.6. The van der Waals surface area contributed by atoms with Gasteiger partial charge in [0.2, 0.25) is 0 Å². The lowest BCUT2D eigenvalue weighted by molar-refractivity contribution is -0.0381. The Balaban J connectivity index is 1.95. The van der Waals surface area contributed by atoms with Crippen LogP contribution in [0.25, 0.3) is 0 Å². The molecule has 4 nitrogen and oxygen atoms in total. The first-order valence-electron chi connectivity index (χ1n) is 6.67. The number of hydrogen-bond donors (Lipinski definition) is 0. The van der Waals surface area contributed by atoms with E-state index in [1.165, 1.54) is 0 Å². The molecule has 0 aliphatic carbocycles. The van der Waals surface area contributed by atoms with Gasteiger partial charge in [0.15, 0.2) is 0 Å². The van der Waals surface area contributed by atoms with Gasteiger partial charge in [-0.2, -0.15) is 0 Å². The summed E-state index contributed by atoms with van der Waals surface area (Å²) in [5, 5.41) is 0. The van der Waals surface area contributed by atoms with Crippen LogP contribution in [-0.4, -0.2) is 74.0 Å². The van der Waals surface area contributed by atoms with Crippen molar-refractivity contribution in [1.29, 1.82) is 0 Å². The van der Waals surface area contributed by atoms with E-state index in [2.05, 4.69) is 30.6 Å². The summed E-state index contributed by atoms with van der Waals surface area (Å²) >= 11 is 0. The summed E-state index contributed by atoms with van der Waals surface area (Å²) in [5.41, 5.74) is 0.0673. The molecular formula is C13H26N2O2. The van der Waals surface area contributed by atoms with Crippen molar-refractivity contribution in [3.8, 4) is 0 Å². The molecule has 0 aromatic rings. The Morgan fingerprint density at radius 2 is 1.88 bits per heavy atom. The molecule has 2 rings (SSSR count). The van der Waals surface area contributed by atoms with Crippen LogP contribution in [0.3, 0.4) is 0 Å². The molecule has 2 heterocycles. The molecule has 0 bridgehead atoms. The molecule has 0 amide bonds. The number of nitrogens with zero attached hydrogens (tertiary/aromatic N) is 2. The average molecular weight is 242 g/mol. The number of rotatable bonds is 3. The number of piperazine rings is 1. The first kappa shape index (κ1) is 13.3. The highest BCUT2D eigenvalue weighted by molar-refractivity contribution is 4.99. The highest BCUT2D eigenvalue weighted by Gasteiger charge is 2.45. The van der Waals surface area contributed by atoms with E-state index in [-0.39, 0.29) is 11.6 Å². The Kier molecular flexibility index (Phi) is 4.08. The van der Waals surface area contributed by atoms with E-state index < -0.39 is 0 Å².